The Bertz CT molecular complexity index is 678. The quantitative estimate of drug-likeness (QED) is 0.829. The van der Waals surface area contributed by atoms with Gasteiger partial charge >= 0.3 is 5.97 Å². The van der Waals surface area contributed by atoms with Crippen LogP contribution in [0.3, 0.4) is 0 Å². The molecule has 24 heavy (non-hydrogen) atoms. The molecule has 1 aliphatic heterocycles. The van der Waals surface area contributed by atoms with Gasteiger partial charge in [0.05, 0.1) is 7.11 Å². The molecule has 1 atom stereocenters. The zero-order valence-electron chi connectivity index (χ0n) is 14.3. The van der Waals surface area contributed by atoms with Crippen LogP contribution in [-0.2, 0) is 17.7 Å². The Morgan fingerprint density at radius 3 is 2.75 bits per heavy atom. The summed E-state index contributed by atoms with van der Waals surface area (Å²) in [5.74, 6) is -0.326. The third-order valence-corrected chi connectivity index (χ3v) is 4.65. The minimum absolute atomic E-state index is 0.326. The normalized spacial score (nSPS) is 18.5. The number of benzene rings is 1. The zero-order valence-corrected chi connectivity index (χ0v) is 14.3. The van der Waals surface area contributed by atoms with Gasteiger partial charge in [0.2, 0.25) is 0 Å². The second-order valence-corrected chi connectivity index (χ2v) is 6.17. The molecular weight excluding hydrogens is 302 g/mol. The average molecular weight is 327 g/mol. The third kappa shape index (κ3) is 3.68. The first-order valence-corrected chi connectivity index (χ1v) is 8.51. The lowest BCUT2D eigenvalue weighted by atomic mass is 10.0. The minimum Gasteiger partial charge on any atom is -0.464 e. The van der Waals surface area contributed by atoms with Crippen LogP contribution in [0.25, 0.3) is 0 Å². The van der Waals surface area contributed by atoms with Crippen LogP contribution in [0.2, 0.25) is 0 Å². The number of nitrogens with one attached hydrogen (secondary N) is 2. The highest BCUT2D eigenvalue weighted by Crippen LogP contribution is 2.24. The molecule has 1 aromatic carbocycles. The molecule has 0 radical (unpaired) electrons. The standard InChI is InChI=1S/C19H25N3O2/c1-3-14-4-6-15(7-5-14)18-12-20-10-11-22(18)13-16-8-9-17(21-16)19(23)24-2/h4-9,18,20-21H,3,10-13H2,1-2H3. The molecule has 1 unspecified atom stereocenters. The molecule has 0 saturated carbocycles. The van der Waals surface area contributed by atoms with Crippen LogP contribution in [0.4, 0.5) is 0 Å². The van der Waals surface area contributed by atoms with Gasteiger partial charge in [-0.25, -0.2) is 4.79 Å². The molecule has 0 spiro atoms. The summed E-state index contributed by atoms with van der Waals surface area (Å²) in [5, 5.41) is 3.48. The summed E-state index contributed by atoms with van der Waals surface area (Å²) in [6.07, 6.45) is 1.06. The number of hydrogen-bond donors (Lipinski definition) is 2. The van der Waals surface area contributed by atoms with Crippen LogP contribution in [-0.4, -0.2) is 42.6 Å². The van der Waals surface area contributed by atoms with Gasteiger partial charge in [0.1, 0.15) is 5.69 Å². The third-order valence-electron chi connectivity index (χ3n) is 4.65. The maximum Gasteiger partial charge on any atom is 0.354 e. The van der Waals surface area contributed by atoms with Crippen molar-refractivity contribution in [2.75, 3.05) is 26.7 Å². The van der Waals surface area contributed by atoms with Crippen LogP contribution < -0.4 is 5.32 Å². The van der Waals surface area contributed by atoms with Gasteiger partial charge in [-0.1, -0.05) is 31.2 Å². The smallest absolute Gasteiger partial charge is 0.354 e. The molecule has 2 heterocycles. The van der Waals surface area contributed by atoms with Gasteiger partial charge in [0.15, 0.2) is 0 Å². The van der Waals surface area contributed by atoms with Gasteiger partial charge in [-0.2, -0.15) is 0 Å². The molecule has 2 N–H and O–H groups in total. The fourth-order valence-corrected chi connectivity index (χ4v) is 3.22. The van der Waals surface area contributed by atoms with Crippen molar-refractivity contribution in [1.82, 2.24) is 15.2 Å². The maximum atomic E-state index is 11.6. The largest absolute Gasteiger partial charge is 0.464 e. The summed E-state index contributed by atoms with van der Waals surface area (Å²) in [4.78, 5) is 17.2. The first-order valence-electron chi connectivity index (χ1n) is 8.51. The summed E-state index contributed by atoms with van der Waals surface area (Å²) in [5.41, 5.74) is 4.24. The number of piperazine rings is 1. The monoisotopic (exact) mass is 327 g/mol. The van der Waals surface area contributed by atoms with E-state index in [4.69, 9.17) is 4.74 Å². The van der Waals surface area contributed by atoms with Crippen LogP contribution in [0.1, 0.15) is 40.3 Å². The Balaban J connectivity index is 1.74. The molecule has 1 fully saturated rings. The fourth-order valence-electron chi connectivity index (χ4n) is 3.22. The second-order valence-electron chi connectivity index (χ2n) is 6.17. The van der Waals surface area contributed by atoms with Gasteiger partial charge in [0.25, 0.3) is 0 Å². The lowest BCUT2D eigenvalue weighted by Gasteiger charge is -2.36. The van der Waals surface area contributed by atoms with Crippen molar-refractivity contribution in [3.05, 3.63) is 58.9 Å². The lowest BCUT2D eigenvalue weighted by Crippen LogP contribution is -2.45. The number of aryl methyl sites for hydroxylation is 1. The number of carbonyl (C=O) groups is 1. The van der Waals surface area contributed by atoms with E-state index in [1.54, 1.807) is 6.07 Å². The van der Waals surface area contributed by atoms with E-state index in [0.717, 1.165) is 38.3 Å². The van der Waals surface area contributed by atoms with E-state index in [-0.39, 0.29) is 5.97 Å². The Kier molecular flexibility index (Phi) is 5.33. The molecule has 0 aliphatic carbocycles. The summed E-state index contributed by atoms with van der Waals surface area (Å²) in [6.45, 7) is 5.86. The van der Waals surface area contributed by atoms with Crippen LogP contribution in [0.15, 0.2) is 36.4 Å². The predicted molar refractivity (Wildman–Crippen MR) is 94.0 cm³/mol. The van der Waals surface area contributed by atoms with Gasteiger partial charge in [-0.05, 0) is 29.7 Å². The zero-order chi connectivity index (χ0) is 16.9. The first-order chi connectivity index (χ1) is 11.7. The Labute approximate surface area is 143 Å². The van der Waals surface area contributed by atoms with E-state index in [1.165, 1.54) is 18.2 Å². The predicted octanol–water partition coefficient (Wildman–Crippen LogP) is 2.51. The summed E-state index contributed by atoms with van der Waals surface area (Å²) in [6, 6.07) is 13.0. The van der Waals surface area contributed by atoms with Crippen LogP contribution >= 0.6 is 0 Å². The molecule has 128 valence electrons. The van der Waals surface area contributed by atoms with E-state index in [2.05, 4.69) is 46.4 Å². The number of H-pyrrole nitrogens is 1. The number of nitrogens with zero attached hydrogens (tertiary/aromatic N) is 1. The number of rotatable bonds is 5. The van der Waals surface area contributed by atoms with Gasteiger partial charge in [0, 0.05) is 37.9 Å². The van der Waals surface area contributed by atoms with E-state index in [0.29, 0.717) is 11.7 Å². The molecule has 2 aromatic rings. The number of carbonyl (C=O) groups excluding carboxylic acids is 1. The average Bonchev–Trinajstić information content (AvgIpc) is 3.10. The topological polar surface area (TPSA) is 57.4 Å². The SMILES string of the molecule is CCc1ccc(C2CNCCN2Cc2ccc(C(=O)OC)[nH]2)cc1. The molecule has 3 rings (SSSR count). The number of aromatic amines is 1. The van der Waals surface area contributed by atoms with Gasteiger partial charge < -0.3 is 15.0 Å². The van der Waals surface area contributed by atoms with E-state index in [1.807, 2.05) is 6.07 Å². The molecule has 0 bridgehead atoms. The highest BCUT2D eigenvalue weighted by Gasteiger charge is 2.24. The molecule has 1 aromatic heterocycles. The van der Waals surface area contributed by atoms with E-state index >= 15 is 0 Å². The van der Waals surface area contributed by atoms with E-state index in [9.17, 15) is 4.79 Å². The molecular formula is C19H25N3O2. The highest BCUT2D eigenvalue weighted by atomic mass is 16.5. The molecule has 0 amide bonds. The van der Waals surface area contributed by atoms with Crippen LogP contribution in [0, 0.1) is 0 Å². The minimum atomic E-state index is -0.326. The van der Waals surface area contributed by atoms with Crippen molar-refractivity contribution in [1.29, 1.82) is 0 Å². The lowest BCUT2D eigenvalue weighted by molar-refractivity contribution is 0.0594. The number of hydrogen-bond acceptors (Lipinski definition) is 4. The van der Waals surface area contributed by atoms with Crippen molar-refractivity contribution in [3.63, 3.8) is 0 Å². The van der Waals surface area contributed by atoms with Gasteiger partial charge in [-0.15, -0.1) is 0 Å². The van der Waals surface area contributed by atoms with Crippen molar-refractivity contribution in [2.45, 2.75) is 25.9 Å². The summed E-state index contributed by atoms with van der Waals surface area (Å²) >= 11 is 0. The Hall–Kier alpha value is -2.11. The summed E-state index contributed by atoms with van der Waals surface area (Å²) in [7, 11) is 1.40. The molecule has 1 aliphatic rings. The number of esters is 1. The van der Waals surface area contributed by atoms with Crippen molar-refractivity contribution >= 4 is 5.97 Å². The van der Waals surface area contributed by atoms with Crippen molar-refractivity contribution in [3.8, 4) is 0 Å². The number of aromatic nitrogens is 1. The number of ether oxygens (including phenoxy) is 1. The summed E-state index contributed by atoms with van der Waals surface area (Å²) < 4.78 is 4.76. The first kappa shape index (κ1) is 16.7. The van der Waals surface area contributed by atoms with Crippen molar-refractivity contribution < 1.29 is 9.53 Å². The second kappa shape index (κ2) is 7.64. The van der Waals surface area contributed by atoms with E-state index < -0.39 is 0 Å². The van der Waals surface area contributed by atoms with Crippen LogP contribution in [0.5, 0.6) is 0 Å². The number of methoxy groups -OCH3 is 1. The maximum absolute atomic E-state index is 11.6. The molecule has 5 nitrogen and oxygen atoms in total. The fraction of sp³-hybridized carbons (Fsp3) is 0.421. The highest BCUT2D eigenvalue weighted by molar-refractivity contribution is 5.87. The van der Waals surface area contributed by atoms with Gasteiger partial charge in [-0.3, -0.25) is 4.90 Å². The molecule has 1 saturated heterocycles. The van der Waals surface area contributed by atoms with Crippen molar-refractivity contribution in [2.24, 2.45) is 0 Å². The molecule has 5 heteroatoms. The Morgan fingerprint density at radius 2 is 2.04 bits per heavy atom. The Morgan fingerprint density at radius 1 is 1.25 bits per heavy atom.